The first-order valence-electron chi connectivity index (χ1n) is 6.43. The lowest BCUT2D eigenvalue weighted by atomic mass is 10.3. The van der Waals surface area contributed by atoms with Crippen molar-refractivity contribution in [2.24, 2.45) is 0 Å². The van der Waals surface area contributed by atoms with Gasteiger partial charge in [0, 0.05) is 19.6 Å². The number of hydrogen-bond acceptors (Lipinski definition) is 4. The van der Waals surface area contributed by atoms with Gasteiger partial charge in [-0.25, -0.2) is 0 Å². The van der Waals surface area contributed by atoms with E-state index in [0.29, 0.717) is 26.3 Å². The van der Waals surface area contributed by atoms with E-state index in [-0.39, 0.29) is 18.8 Å². The van der Waals surface area contributed by atoms with Crippen LogP contribution in [-0.4, -0.2) is 57.8 Å². The number of hydrogen-bond donors (Lipinski definition) is 1. The molecule has 0 amide bonds. The average molecular weight is 292 g/mol. The summed E-state index contributed by atoms with van der Waals surface area (Å²) >= 11 is 0. The van der Waals surface area contributed by atoms with Crippen LogP contribution in [0.15, 0.2) is 12.2 Å². The fourth-order valence-electron chi connectivity index (χ4n) is 1.91. The van der Waals surface area contributed by atoms with Crippen molar-refractivity contribution in [3.05, 3.63) is 12.2 Å². The van der Waals surface area contributed by atoms with Gasteiger partial charge in [-0.3, -0.25) is 0 Å². The molecule has 2 atom stereocenters. The average Bonchev–Trinajstić information content (AvgIpc) is 2.26. The van der Waals surface area contributed by atoms with Crippen LogP contribution in [0, 0.1) is 0 Å². The van der Waals surface area contributed by atoms with Gasteiger partial charge in [0.1, 0.15) is 0 Å². The lowest BCUT2D eigenvalue weighted by Gasteiger charge is -2.34. The van der Waals surface area contributed by atoms with E-state index in [2.05, 4.69) is 11.3 Å². The van der Waals surface area contributed by atoms with Crippen LogP contribution in [0.3, 0.4) is 0 Å². The molecule has 1 aliphatic rings. The molecule has 7 heteroatoms. The Morgan fingerprint density at radius 3 is 2.53 bits per heavy atom. The number of nitrogens with zero attached hydrogens (tertiary/aromatic N) is 1. The summed E-state index contributed by atoms with van der Waals surface area (Å²) in [7, 11) is -3.45. The Morgan fingerprint density at radius 1 is 1.42 bits per heavy atom. The fraction of sp³-hybridized carbons (Fsp3) is 0.833. The molecule has 6 nitrogen and oxygen atoms in total. The molecule has 0 aromatic carbocycles. The normalized spacial score (nSPS) is 25.4. The van der Waals surface area contributed by atoms with Gasteiger partial charge in [-0.15, -0.1) is 0 Å². The lowest BCUT2D eigenvalue weighted by molar-refractivity contribution is -0.0444. The Labute approximate surface area is 115 Å². The van der Waals surface area contributed by atoms with Crippen LogP contribution in [0.4, 0.5) is 0 Å². The highest BCUT2D eigenvalue weighted by Gasteiger charge is 2.30. The van der Waals surface area contributed by atoms with Crippen LogP contribution in [0.25, 0.3) is 0 Å². The molecule has 0 aromatic heterocycles. The number of nitrogens with one attached hydrogen (secondary N) is 1. The highest BCUT2D eigenvalue weighted by Crippen LogP contribution is 2.13. The van der Waals surface area contributed by atoms with Gasteiger partial charge in [0.25, 0.3) is 10.2 Å². The van der Waals surface area contributed by atoms with E-state index in [9.17, 15) is 8.42 Å². The molecular weight excluding hydrogens is 268 g/mol. The molecule has 1 N–H and O–H groups in total. The summed E-state index contributed by atoms with van der Waals surface area (Å²) in [6.07, 6.45) is -0.167. The third-order valence-electron chi connectivity index (χ3n) is 2.61. The Morgan fingerprint density at radius 2 is 2.00 bits per heavy atom. The van der Waals surface area contributed by atoms with Gasteiger partial charge >= 0.3 is 0 Å². The molecule has 1 saturated heterocycles. The number of ether oxygens (including phenoxy) is 2. The summed E-state index contributed by atoms with van der Waals surface area (Å²) in [6, 6.07) is 0. The van der Waals surface area contributed by atoms with Crippen LogP contribution in [0.1, 0.15) is 20.8 Å². The van der Waals surface area contributed by atoms with E-state index in [4.69, 9.17) is 9.47 Å². The first kappa shape index (κ1) is 16.6. The maximum atomic E-state index is 12.1. The summed E-state index contributed by atoms with van der Waals surface area (Å²) in [5.74, 6) is 0. The molecule has 1 aliphatic heterocycles. The van der Waals surface area contributed by atoms with Gasteiger partial charge in [0.2, 0.25) is 0 Å². The molecule has 0 spiro atoms. The number of morpholine rings is 1. The molecule has 2 unspecified atom stereocenters. The molecule has 0 bridgehead atoms. The Kier molecular flexibility index (Phi) is 6.41. The van der Waals surface area contributed by atoms with Crippen LogP contribution < -0.4 is 4.72 Å². The molecule has 1 fully saturated rings. The molecule has 0 aromatic rings. The van der Waals surface area contributed by atoms with Crippen LogP contribution >= 0.6 is 0 Å². The second-order valence-electron chi connectivity index (χ2n) is 4.98. The van der Waals surface area contributed by atoms with Gasteiger partial charge in [0.15, 0.2) is 0 Å². The van der Waals surface area contributed by atoms with Gasteiger partial charge in [-0.2, -0.15) is 17.4 Å². The molecule has 0 aliphatic carbocycles. The van der Waals surface area contributed by atoms with E-state index >= 15 is 0 Å². The molecule has 0 radical (unpaired) electrons. The largest absolute Gasteiger partial charge is 0.376 e. The minimum atomic E-state index is -3.45. The smallest absolute Gasteiger partial charge is 0.279 e. The molecule has 0 saturated carbocycles. The maximum absolute atomic E-state index is 12.1. The predicted molar refractivity (Wildman–Crippen MR) is 74.1 cm³/mol. The van der Waals surface area contributed by atoms with Crippen molar-refractivity contribution in [2.75, 3.05) is 32.8 Å². The molecule has 112 valence electrons. The molecule has 19 heavy (non-hydrogen) atoms. The summed E-state index contributed by atoms with van der Waals surface area (Å²) in [5.41, 5.74) is 0.915. The minimum absolute atomic E-state index is 0.0833. The topological polar surface area (TPSA) is 67.9 Å². The van der Waals surface area contributed by atoms with Crippen molar-refractivity contribution in [3.8, 4) is 0 Å². The summed E-state index contributed by atoms with van der Waals surface area (Å²) in [6.45, 7) is 11.1. The number of rotatable bonds is 7. The first-order valence-corrected chi connectivity index (χ1v) is 7.87. The fourth-order valence-corrected chi connectivity index (χ4v) is 3.24. The maximum Gasteiger partial charge on any atom is 0.279 e. The predicted octanol–water partition coefficient (Wildman–Crippen LogP) is 0.523. The van der Waals surface area contributed by atoms with E-state index in [1.54, 1.807) is 0 Å². The third-order valence-corrected chi connectivity index (χ3v) is 4.15. The highest BCUT2D eigenvalue weighted by atomic mass is 32.2. The molecular formula is C12H24N2O4S. The molecule has 1 heterocycles. The van der Waals surface area contributed by atoms with E-state index in [0.717, 1.165) is 5.57 Å². The zero-order valence-corrected chi connectivity index (χ0v) is 12.7. The van der Waals surface area contributed by atoms with Crippen molar-refractivity contribution in [3.63, 3.8) is 0 Å². The quantitative estimate of drug-likeness (QED) is 0.549. The van der Waals surface area contributed by atoms with E-state index in [1.165, 1.54) is 4.31 Å². The second-order valence-corrected chi connectivity index (χ2v) is 6.74. The van der Waals surface area contributed by atoms with Crippen LogP contribution in [0.2, 0.25) is 0 Å². The summed E-state index contributed by atoms with van der Waals surface area (Å²) in [5, 5.41) is 0. The van der Waals surface area contributed by atoms with Gasteiger partial charge in [-0.05, 0) is 20.8 Å². The minimum Gasteiger partial charge on any atom is -0.376 e. The van der Waals surface area contributed by atoms with Gasteiger partial charge in [-0.1, -0.05) is 12.2 Å². The standard InChI is InChI=1S/C12H24N2O4S/c1-10(2)9-17-6-5-13-19(15,16)14-7-11(3)18-12(4)8-14/h11-13H,1,5-9H2,2-4H3. The zero-order chi connectivity index (χ0) is 14.5. The van der Waals surface area contributed by atoms with Crippen molar-refractivity contribution in [1.29, 1.82) is 0 Å². The van der Waals surface area contributed by atoms with Crippen molar-refractivity contribution in [2.45, 2.75) is 33.0 Å². The van der Waals surface area contributed by atoms with E-state index < -0.39 is 10.2 Å². The van der Waals surface area contributed by atoms with Crippen molar-refractivity contribution >= 4 is 10.2 Å². The Balaban J connectivity index is 2.36. The van der Waals surface area contributed by atoms with Crippen molar-refractivity contribution in [1.82, 2.24) is 9.03 Å². The van der Waals surface area contributed by atoms with Crippen LogP contribution in [0.5, 0.6) is 0 Å². The first-order chi connectivity index (χ1) is 8.81. The van der Waals surface area contributed by atoms with Crippen molar-refractivity contribution < 1.29 is 17.9 Å². The second kappa shape index (κ2) is 7.35. The lowest BCUT2D eigenvalue weighted by Crippen LogP contribution is -2.52. The summed E-state index contributed by atoms with van der Waals surface area (Å²) in [4.78, 5) is 0. The van der Waals surface area contributed by atoms with Gasteiger partial charge in [0.05, 0.1) is 25.4 Å². The Bertz CT molecular complexity index is 387. The highest BCUT2D eigenvalue weighted by molar-refractivity contribution is 7.87. The van der Waals surface area contributed by atoms with Gasteiger partial charge < -0.3 is 9.47 Å². The zero-order valence-electron chi connectivity index (χ0n) is 11.9. The third kappa shape index (κ3) is 6.01. The monoisotopic (exact) mass is 292 g/mol. The SMILES string of the molecule is C=C(C)COCCNS(=O)(=O)N1CC(C)OC(C)C1. The Hall–Kier alpha value is -0.470. The van der Waals surface area contributed by atoms with E-state index in [1.807, 2.05) is 20.8 Å². The summed E-state index contributed by atoms with van der Waals surface area (Å²) < 4.78 is 38.8. The van der Waals surface area contributed by atoms with Crippen LogP contribution in [-0.2, 0) is 19.7 Å². The molecule has 1 rings (SSSR count).